The van der Waals surface area contributed by atoms with Gasteiger partial charge in [0.1, 0.15) is 0 Å². The van der Waals surface area contributed by atoms with E-state index in [0.29, 0.717) is 0 Å². The van der Waals surface area contributed by atoms with Crippen LogP contribution in [0.15, 0.2) is 147 Å². The van der Waals surface area contributed by atoms with Crippen LogP contribution in [0.5, 0.6) is 0 Å². The van der Waals surface area contributed by atoms with Crippen molar-refractivity contribution in [2.24, 2.45) is 0 Å². The first-order valence-corrected chi connectivity index (χ1v) is 13.5. The minimum Gasteiger partial charge on any atom is -0.131 e. The molecule has 162 valence electrons. The number of rotatable bonds is 2. The van der Waals surface area contributed by atoms with E-state index in [1.54, 1.807) is 0 Å². The molecule has 0 nitrogen and oxygen atoms in total. The smallest absolute Gasteiger partial charge is 0.0412 e. The molecule has 0 bridgehead atoms. The number of hydrogen-bond donors (Lipinski definition) is 0. The molecule has 0 N–H and O–H groups in total. The average molecular weight is 473 g/mol. The number of fused-ring (bicyclic) bond motifs is 8. The number of hydrogen-bond acceptors (Lipinski definition) is 0. The van der Waals surface area contributed by atoms with Gasteiger partial charge in [0.15, 0.2) is 0 Å². The van der Waals surface area contributed by atoms with Crippen LogP contribution in [0.3, 0.4) is 0 Å². The van der Waals surface area contributed by atoms with Crippen molar-refractivity contribution < 1.29 is 0 Å². The summed E-state index contributed by atoms with van der Waals surface area (Å²) in [5.74, 6) is 0. The lowest BCUT2D eigenvalue weighted by atomic mass is 9.93. The molecule has 0 aliphatic carbocycles. The molecule has 0 aromatic heterocycles. The summed E-state index contributed by atoms with van der Waals surface area (Å²) in [7, 11) is -1.71. The highest BCUT2D eigenvalue weighted by molar-refractivity contribution is 8.34. The Labute approximate surface area is 205 Å². The Morgan fingerprint density at radius 2 is 1.06 bits per heavy atom. The SMILES string of the molecule is Clc1ccc2c3c(c4ccccc4c2c1)-c1ccccc1S3(c1ccccc1)c1ccccc1. The van der Waals surface area contributed by atoms with Crippen molar-refractivity contribution in [1.82, 2.24) is 0 Å². The van der Waals surface area contributed by atoms with Gasteiger partial charge in [-0.05, 0) is 69.6 Å². The van der Waals surface area contributed by atoms with E-state index in [1.165, 1.54) is 52.3 Å². The largest absolute Gasteiger partial charge is 0.131 e. The quantitative estimate of drug-likeness (QED) is 0.219. The zero-order chi connectivity index (χ0) is 22.7. The van der Waals surface area contributed by atoms with Crippen molar-refractivity contribution in [3.05, 3.63) is 132 Å². The predicted molar refractivity (Wildman–Crippen MR) is 145 cm³/mol. The summed E-state index contributed by atoms with van der Waals surface area (Å²) in [6, 6.07) is 46.4. The summed E-state index contributed by atoms with van der Waals surface area (Å²) in [6.45, 7) is 0. The molecule has 34 heavy (non-hydrogen) atoms. The zero-order valence-electron chi connectivity index (χ0n) is 18.4. The third-order valence-corrected chi connectivity index (χ3v) is 11.2. The molecule has 6 aromatic rings. The highest BCUT2D eigenvalue weighted by Crippen LogP contribution is 2.81. The van der Waals surface area contributed by atoms with Crippen LogP contribution >= 0.6 is 21.6 Å². The highest BCUT2D eigenvalue weighted by atomic mass is 35.5. The molecule has 0 unspecified atom stereocenters. The average Bonchev–Trinajstić information content (AvgIpc) is 3.22. The van der Waals surface area contributed by atoms with Gasteiger partial charge in [0.05, 0.1) is 0 Å². The molecule has 1 heterocycles. The maximum Gasteiger partial charge on any atom is 0.0412 e. The van der Waals surface area contributed by atoms with Crippen molar-refractivity contribution in [2.75, 3.05) is 0 Å². The van der Waals surface area contributed by atoms with Gasteiger partial charge in [0.2, 0.25) is 0 Å². The summed E-state index contributed by atoms with van der Waals surface area (Å²) >= 11 is 6.57. The normalized spacial score (nSPS) is 14.6. The lowest BCUT2D eigenvalue weighted by Gasteiger charge is -2.40. The topological polar surface area (TPSA) is 0 Å². The third-order valence-electron chi connectivity index (χ3n) is 6.93. The Hall–Kier alpha value is -3.52. The molecule has 0 saturated carbocycles. The molecule has 0 radical (unpaired) electrons. The van der Waals surface area contributed by atoms with E-state index in [-0.39, 0.29) is 0 Å². The van der Waals surface area contributed by atoms with E-state index in [2.05, 4.69) is 121 Å². The Morgan fingerprint density at radius 1 is 0.471 bits per heavy atom. The molecule has 0 atom stereocenters. The second-order valence-corrected chi connectivity index (χ2v) is 12.1. The minimum absolute atomic E-state index is 0.771. The van der Waals surface area contributed by atoms with Crippen molar-refractivity contribution >= 4 is 43.2 Å². The van der Waals surface area contributed by atoms with Crippen molar-refractivity contribution in [3.8, 4) is 11.1 Å². The maximum atomic E-state index is 6.57. The fourth-order valence-electron chi connectivity index (χ4n) is 5.64. The van der Waals surface area contributed by atoms with Crippen molar-refractivity contribution in [1.29, 1.82) is 0 Å². The lowest BCUT2D eigenvalue weighted by molar-refractivity contribution is 1.30. The van der Waals surface area contributed by atoms with Gasteiger partial charge in [-0.25, -0.2) is 0 Å². The van der Waals surface area contributed by atoms with Crippen LogP contribution in [0.25, 0.3) is 32.7 Å². The van der Waals surface area contributed by atoms with Gasteiger partial charge < -0.3 is 0 Å². The number of halogens is 1. The molecule has 0 fully saturated rings. The second kappa shape index (κ2) is 7.50. The molecule has 1 aliphatic rings. The molecular weight excluding hydrogens is 452 g/mol. The number of benzene rings is 6. The van der Waals surface area contributed by atoms with Crippen LogP contribution in [0.4, 0.5) is 0 Å². The van der Waals surface area contributed by atoms with Gasteiger partial charge in [-0.3, -0.25) is 0 Å². The zero-order valence-corrected chi connectivity index (χ0v) is 20.0. The third kappa shape index (κ3) is 2.57. The van der Waals surface area contributed by atoms with Crippen molar-refractivity contribution in [3.63, 3.8) is 0 Å². The van der Waals surface area contributed by atoms with Crippen LogP contribution in [0.2, 0.25) is 5.02 Å². The van der Waals surface area contributed by atoms with Gasteiger partial charge in [0.25, 0.3) is 0 Å². The molecule has 0 spiro atoms. The van der Waals surface area contributed by atoms with Crippen LogP contribution < -0.4 is 0 Å². The van der Waals surface area contributed by atoms with E-state index in [9.17, 15) is 0 Å². The molecule has 7 rings (SSSR count). The molecule has 0 saturated heterocycles. The van der Waals surface area contributed by atoms with Gasteiger partial charge in [0, 0.05) is 30.2 Å². The standard InChI is InChI=1S/C32H21ClS/c33-22-19-20-27-29(21-22)25-15-7-8-16-26(25)31-28-17-9-10-18-30(28)34(32(27)31,23-11-3-1-4-12-23)24-13-5-2-6-14-24/h1-21H. The highest BCUT2D eigenvalue weighted by Gasteiger charge is 2.43. The molecule has 1 aliphatic heterocycles. The summed E-state index contributed by atoms with van der Waals surface area (Å²) in [5, 5.41) is 5.83. The minimum atomic E-state index is -1.71. The monoisotopic (exact) mass is 472 g/mol. The van der Waals surface area contributed by atoms with Crippen molar-refractivity contribution in [2.45, 2.75) is 19.6 Å². The molecule has 6 aromatic carbocycles. The Bertz CT molecular complexity index is 1670. The van der Waals surface area contributed by atoms with Gasteiger partial charge in [-0.15, -0.1) is 10.0 Å². The van der Waals surface area contributed by atoms with E-state index >= 15 is 0 Å². The second-order valence-electron chi connectivity index (χ2n) is 8.67. The summed E-state index contributed by atoms with van der Waals surface area (Å²) in [4.78, 5) is 5.56. The first-order chi connectivity index (χ1) is 16.8. The molecular formula is C32H21ClS. The molecule has 2 heteroatoms. The van der Waals surface area contributed by atoms with E-state index in [4.69, 9.17) is 11.6 Å². The fraction of sp³-hybridized carbons (Fsp3) is 0. The van der Waals surface area contributed by atoms with E-state index in [1.807, 2.05) is 6.07 Å². The lowest BCUT2D eigenvalue weighted by Crippen LogP contribution is -2.02. The first-order valence-electron chi connectivity index (χ1n) is 11.5. The summed E-state index contributed by atoms with van der Waals surface area (Å²) in [5.41, 5.74) is 2.71. The predicted octanol–water partition coefficient (Wildman–Crippen LogP) is 9.97. The van der Waals surface area contributed by atoms with Crippen LogP contribution in [-0.2, 0) is 0 Å². The van der Waals surface area contributed by atoms with E-state index in [0.717, 1.165) is 5.02 Å². The Kier molecular flexibility index (Phi) is 4.39. The summed E-state index contributed by atoms with van der Waals surface area (Å²) < 4.78 is 0. The first kappa shape index (κ1) is 19.9. The molecule has 0 amide bonds. The van der Waals surface area contributed by atoms with Crippen LogP contribution in [-0.4, -0.2) is 0 Å². The van der Waals surface area contributed by atoms with Gasteiger partial charge >= 0.3 is 0 Å². The Balaban J connectivity index is 1.81. The van der Waals surface area contributed by atoms with Crippen LogP contribution in [0, 0.1) is 0 Å². The van der Waals surface area contributed by atoms with Gasteiger partial charge in [-0.2, -0.15) is 0 Å². The summed E-state index contributed by atoms with van der Waals surface area (Å²) in [6.07, 6.45) is 0. The Morgan fingerprint density at radius 3 is 1.76 bits per heavy atom. The van der Waals surface area contributed by atoms with Crippen LogP contribution in [0.1, 0.15) is 0 Å². The fourth-order valence-corrected chi connectivity index (χ4v) is 10.2. The maximum absolute atomic E-state index is 6.57. The van der Waals surface area contributed by atoms with Gasteiger partial charge in [-0.1, -0.05) is 96.5 Å². The van der Waals surface area contributed by atoms with E-state index < -0.39 is 10.0 Å².